The zero-order valence-electron chi connectivity index (χ0n) is 35.6. The fraction of sp³-hybridized carbons (Fsp3) is 0.308. The third-order valence-corrected chi connectivity index (χ3v) is 10.8. The first-order valence-electron chi connectivity index (χ1n) is 21.3. The van der Waals surface area contributed by atoms with Crippen LogP contribution in [0.25, 0.3) is 22.3 Å². The van der Waals surface area contributed by atoms with Crippen LogP contribution in [0.4, 0.5) is 0 Å². The van der Waals surface area contributed by atoms with Crippen molar-refractivity contribution in [2.75, 3.05) is 39.5 Å². The van der Waals surface area contributed by atoms with Crippen LogP contribution in [0.5, 0.6) is 0 Å². The smallest absolute Gasteiger partial charge is 0.0681 e. The number of nitrogens with one attached hydrogen (secondary N) is 4. The quantitative estimate of drug-likeness (QED) is 0.0516. The molecule has 0 spiro atoms. The number of aliphatic hydroxyl groups excluding tert-OH is 4. The summed E-state index contributed by atoms with van der Waals surface area (Å²) in [5.41, 5.74) is 15.6. The molecule has 0 amide bonds. The van der Waals surface area contributed by atoms with Crippen molar-refractivity contribution >= 4 is 0 Å². The van der Waals surface area contributed by atoms with Crippen LogP contribution in [0.2, 0.25) is 0 Å². The van der Waals surface area contributed by atoms with Crippen molar-refractivity contribution in [3.05, 3.63) is 190 Å². The highest BCUT2D eigenvalue weighted by atomic mass is 16.3. The molecule has 2 aliphatic carbocycles. The number of benzene rings is 6. The van der Waals surface area contributed by atoms with E-state index < -0.39 is 0 Å². The second kappa shape index (κ2) is 24.3. The lowest BCUT2D eigenvalue weighted by molar-refractivity contribution is 0.281. The van der Waals surface area contributed by atoms with E-state index >= 15 is 0 Å². The summed E-state index contributed by atoms with van der Waals surface area (Å²) in [5.74, 6) is 0. The molecule has 0 bridgehead atoms. The predicted octanol–water partition coefficient (Wildman–Crippen LogP) is 8.38. The van der Waals surface area contributed by atoms with Gasteiger partial charge in [-0.2, -0.15) is 0 Å². The molecule has 316 valence electrons. The van der Waals surface area contributed by atoms with Crippen molar-refractivity contribution < 1.29 is 20.4 Å². The summed E-state index contributed by atoms with van der Waals surface area (Å²) in [5, 5.41) is 47.1. The molecule has 0 saturated heterocycles. The number of hydrogen-bond donors (Lipinski definition) is 8. The minimum atomic E-state index is 0.0821. The Morgan fingerprint density at radius 2 is 0.883 bits per heavy atom. The average Bonchev–Trinajstić information content (AvgIpc) is 3.79. The molecule has 60 heavy (non-hydrogen) atoms. The van der Waals surface area contributed by atoms with Crippen LogP contribution in [0.1, 0.15) is 96.4 Å². The minimum Gasteiger partial charge on any atom is -0.397 e. The van der Waals surface area contributed by atoms with E-state index in [0.29, 0.717) is 6.54 Å². The summed E-state index contributed by atoms with van der Waals surface area (Å²) in [7, 11) is 0. The van der Waals surface area contributed by atoms with Gasteiger partial charge in [0.15, 0.2) is 0 Å². The summed E-state index contributed by atoms with van der Waals surface area (Å²) in [4.78, 5) is 0. The van der Waals surface area contributed by atoms with Crippen molar-refractivity contribution in [3.63, 3.8) is 0 Å². The zero-order valence-corrected chi connectivity index (χ0v) is 35.6. The van der Waals surface area contributed by atoms with Crippen LogP contribution in [0.15, 0.2) is 146 Å². The predicted molar refractivity (Wildman–Crippen MR) is 247 cm³/mol. The molecule has 6 aromatic carbocycles. The van der Waals surface area contributed by atoms with Gasteiger partial charge in [-0.1, -0.05) is 153 Å². The van der Waals surface area contributed by atoms with Crippen molar-refractivity contribution in [1.29, 1.82) is 0 Å². The molecule has 0 saturated carbocycles. The summed E-state index contributed by atoms with van der Waals surface area (Å²) in [6.45, 7) is 11.8. The van der Waals surface area contributed by atoms with Crippen molar-refractivity contribution in [2.45, 2.75) is 65.0 Å². The van der Waals surface area contributed by atoms with Gasteiger partial charge in [0.25, 0.3) is 0 Å². The monoisotopic (exact) mass is 808 g/mol. The summed E-state index contributed by atoms with van der Waals surface area (Å²) < 4.78 is 0. The molecular formula is C52H64N4O4. The van der Waals surface area contributed by atoms with E-state index in [-0.39, 0.29) is 50.6 Å². The zero-order chi connectivity index (χ0) is 42.7. The van der Waals surface area contributed by atoms with Crippen LogP contribution in [-0.2, 0) is 13.2 Å². The molecule has 0 heterocycles. The number of hydrogen-bond acceptors (Lipinski definition) is 8. The Morgan fingerprint density at radius 1 is 0.483 bits per heavy atom. The summed E-state index contributed by atoms with van der Waals surface area (Å²) in [6.07, 6.45) is 0. The number of likely N-dealkylation sites (N-methyl/N-ethyl adjacent to an activating group) is 1. The highest BCUT2D eigenvalue weighted by Crippen LogP contribution is 2.45. The van der Waals surface area contributed by atoms with E-state index in [9.17, 15) is 0 Å². The molecule has 6 aromatic rings. The molecule has 0 radical (unpaired) electrons. The number of rotatable bonds is 14. The first-order chi connectivity index (χ1) is 29.4. The van der Waals surface area contributed by atoms with Crippen LogP contribution in [-0.4, -0.2) is 59.9 Å². The first kappa shape index (κ1) is 46.1. The van der Waals surface area contributed by atoms with Crippen LogP contribution >= 0.6 is 0 Å². The maximum atomic E-state index is 8.86. The fourth-order valence-electron chi connectivity index (χ4n) is 7.77. The Bertz CT molecular complexity index is 2060. The molecule has 8 N–H and O–H groups in total. The van der Waals surface area contributed by atoms with Crippen LogP contribution in [0, 0.1) is 0 Å². The molecular weight excluding hydrogens is 745 g/mol. The third kappa shape index (κ3) is 12.1. The van der Waals surface area contributed by atoms with E-state index in [2.05, 4.69) is 150 Å². The molecule has 8 rings (SSSR count). The largest absolute Gasteiger partial charge is 0.397 e. The molecule has 0 fully saturated rings. The van der Waals surface area contributed by atoms with E-state index in [0.717, 1.165) is 30.8 Å². The van der Waals surface area contributed by atoms with Gasteiger partial charge in [0, 0.05) is 38.3 Å². The third-order valence-electron chi connectivity index (χ3n) is 10.8. The molecule has 2 atom stereocenters. The lowest BCUT2D eigenvalue weighted by atomic mass is 10.0. The SMILES string of the molecule is CC(NC1c2ccccc2-c2ccccc21)c1ccc(CNC2c3ccccc3-c3ccccc32)cc1.CC(NCCO)c1ccc(CO)cc1.CCNCCO.CCO. The van der Waals surface area contributed by atoms with E-state index in [4.69, 9.17) is 20.4 Å². The highest BCUT2D eigenvalue weighted by molar-refractivity contribution is 5.79. The fourth-order valence-corrected chi connectivity index (χ4v) is 7.77. The van der Waals surface area contributed by atoms with Crippen molar-refractivity contribution in [2.24, 2.45) is 0 Å². The molecule has 0 aromatic heterocycles. The van der Waals surface area contributed by atoms with Gasteiger partial charge in [0.2, 0.25) is 0 Å². The normalized spacial score (nSPS) is 13.2. The minimum absolute atomic E-state index is 0.0821. The van der Waals surface area contributed by atoms with Gasteiger partial charge >= 0.3 is 0 Å². The first-order valence-corrected chi connectivity index (χ1v) is 21.3. The van der Waals surface area contributed by atoms with Crippen LogP contribution in [0.3, 0.4) is 0 Å². The molecule has 8 nitrogen and oxygen atoms in total. The Hall–Kier alpha value is -5.00. The molecule has 2 aliphatic rings. The Balaban J connectivity index is 0.000000246. The van der Waals surface area contributed by atoms with Gasteiger partial charge < -0.3 is 36.4 Å². The Labute approximate surface area is 357 Å². The van der Waals surface area contributed by atoms with Gasteiger partial charge in [-0.3, -0.25) is 5.32 Å². The van der Waals surface area contributed by atoms with Crippen LogP contribution < -0.4 is 21.3 Å². The summed E-state index contributed by atoms with van der Waals surface area (Å²) in [6, 6.07) is 52.9. The Morgan fingerprint density at radius 3 is 1.28 bits per heavy atom. The van der Waals surface area contributed by atoms with Gasteiger partial charge in [-0.05, 0) is 94.1 Å². The maximum absolute atomic E-state index is 8.86. The standard InChI is InChI=1S/C35H30N2.C11H17NO2.C4H11NO.C2H6O/c1-23(37-35-32-16-8-4-12-28(32)29-13-5-9-17-33(29)35)25-20-18-24(19-21-25)22-36-34-30-14-6-2-10-26(30)27-11-3-7-15-31(27)34;1-9(12-6-7-13)11-4-2-10(8-14)3-5-11;1-2-5-3-4-6;1-2-3/h2-21,23,34-37H,22H2,1H3;2-5,9,12-14H,6-8H2,1H3;5-6H,2-4H2,1H3;3H,2H2,1H3. The van der Waals surface area contributed by atoms with Crippen molar-refractivity contribution in [3.8, 4) is 22.3 Å². The number of fused-ring (bicyclic) bond motifs is 6. The van der Waals surface area contributed by atoms with E-state index in [1.807, 2.05) is 38.1 Å². The Kier molecular flexibility index (Phi) is 18.7. The maximum Gasteiger partial charge on any atom is 0.0681 e. The van der Waals surface area contributed by atoms with Gasteiger partial charge in [0.05, 0.1) is 31.9 Å². The lowest BCUT2D eigenvalue weighted by Gasteiger charge is -2.22. The van der Waals surface area contributed by atoms with Gasteiger partial charge in [-0.25, -0.2) is 0 Å². The lowest BCUT2D eigenvalue weighted by Crippen LogP contribution is -2.24. The summed E-state index contributed by atoms with van der Waals surface area (Å²) >= 11 is 0. The number of aliphatic hydroxyl groups is 4. The molecule has 0 aliphatic heterocycles. The average molecular weight is 809 g/mol. The topological polar surface area (TPSA) is 129 Å². The molecule has 2 unspecified atom stereocenters. The second-order valence-electron chi connectivity index (χ2n) is 14.9. The highest BCUT2D eigenvalue weighted by Gasteiger charge is 2.29. The van der Waals surface area contributed by atoms with E-state index in [1.165, 1.54) is 55.6 Å². The van der Waals surface area contributed by atoms with E-state index in [1.54, 1.807) is 6.92 Å². The van der Waals surface area contributed by atoms with Crippen molar-refractivity contribution in [1.82, 2.24) is 21.3 Å². The second-order valence-corrected chi connectivity index (χ2v) is 14.9. The van der Waals surface area contributed by atoms with Gasteiger partial charge in [0.1, 0.15) is 0 Å². The molecule has 8 heteroatoms. The van der Waals surface area contributed by atoms with Gasteiger partial charge in [-0.15, -0.1) is 0 Å².